The largest absolute Gasteiger partial charge is 0.454 e. The van der Waals surface area contributed by atoms with Crippen LogP contribution in [0.15, 0.2) is 34.4 Å². The number of piperidine rings is 1. The molecule has 1 aromatic carbocycles. The van der Waals surface area contributed by atoms with Gasteiger partial charge in [-0.1, -0.05) is 11.6 Å². The van der Waals surface area contributed by atoms with Gasteiger partial charge in [-0.15, -0.1) is 0 Å². The molecule has 0 atom stereocenters. The van der Waals surface area contributed by atoms with E-state index in [1.165, 1.54) is 11.8 Å². The minimum Gasteiger partial charge on any atom is -0.454 e. The number of carbonyl (C=O) groups is 1. The molecule has 2 aliphatic rings. The average molecular weight is 490 g/mol. The molecule has 1 amide bonds. The van der Waals surface area contributed by atoms with Gasteiger partial charge in [0.25, 0.3) is 0 Å². The number of ether oxygens (including phenoxy) is 2. The fourth-order valence-corrected chi connectivity index (χ4v) is 5.53. The number of likely N-dealkylation sites (tertiary alicyclic amines) is 1. The molecule has 0 aliphatic carbocycles. The SMILES string of the molecule is Nc1nccc2c1nc(Sc1cc3c(cc1Cl)OCO3)n2CCC1CCN(C(=O)CO)CC1. The van der Waals surface area contributed by atoms with E-state index in [1.54, 1.807) is 17.2 Å². The van der Waals surface area contributed by atoms with Crippen LogP contribution in [0.1, 0.15) is 19.3 Å². The van der Waals surface area contributed by atoms with E-state index in [-0.39, 0.29) is 12.7 Å². The second kappa shape index (κ2) is 9.28. The zero-order valence-electron chi connectivity index (χ0n) is 17.9. The van der Waals surface area contributed by atoms with Crippen molar-refractivity contribution in [2.45, 2.75) is 35.9 Å². The van der Waals surface area contributed by atoms with E-state index in [0.29, 0.717) is 46.9 Å². The first kappa shape index (κ1) is 22.1. The summed E-state index contributed by atoms with van der Waals surface area (Å²) in [6.45, 7) is 1.87. The number of halogens is 1. The number of aromatic nitrogens is 3. The topological polar surface area (TPSA) is 116 Å². The Balaban J connectivity index is 1.38. The predicted octanol–water partition coefficient (Wildman–Crippen LogP) is 3.17. The number of hydrogen-bond donors (Lipinski definition) is 2. The fourth-order valence-electron chi connectivity index (χ4n) is 4.30. The third-order valence-electron chi connectivity index (χ3n) is 6.15. The lowest BCUT2D eigenvalue weighted by atomic mass is 9.93. The van der Waals surface area contributed by atoms with Gasteiger partial charge in [0.15, 0.2) is 22.5 Å². The van der Waals surface area contributed by atoms with Crippen LogP contribution in [0, 0.1) is 5.92 Å². The molecule has 2 aliphatic heterocycles. The number of amides is 1. The van der Waals surface area contributed by atoms with Crippen molar-refractivity contribution in [3.63, 3.8) is 0 Å². The van der Waals surface area contributed by atoms with E-state index in [1.807, 2.05) is 12.1 Å². The van der Waals surface area contributed by atoms with Gasteiger partial charge in [-0.2, -0.15) is 0 Å². The highest BCUT2D eigenvalue weighted by atomic mass is 35.5. The number of fused-ring (bicyclic) bond motifs is 2. The molecule has 3 N–H and O–H groups in total. The molecule has 11 heteroatoms. The van der Waals surface area contributed by atoms with Crippen LogP contribution >= 0.6 is 23.4 Å². The molecule has 174 valence electrons. The van der Waals surface area contributed by atoms with Gasteiger partial charge in [0, 0.05) is 36.8 Å². The number of anilines is 1. The normalized spacial score (nSPS) is 16.0. The van der Waals surface area contributed by atoms with Gasteiger partial charge in [-0.25, -0.2) is 9.97 Å². The third kappa shape index (κ3) is 4.42. The molecule has 0 unspecified atom stereocenters. The number of aliphatic hydroxyl groups excluding tert-OH is 1. The Morgan fingerprint density at radius 2 is 2.03 bits per heavy atom. The number of carbonyl (C=O) groups excluding carboxylic acids is 1. The van der Waals surface area contributed by atoms with Crippen LogP contribution in [0.2, 0.25) is 5.02 Å². The van der Waals surface area contributed by atoms with Crippen molar-refractivity contribution in [3.8, 4) is 11.5 Å². The molecular formula is C22H24ClN5O4S. The Hall–Kier alpha value is -2.69. The number of hydrogen-bond acceptors (Lipinski definition) is 8. The number of nitrogens with two attached hydrogens (primary N) is 1. The molecule has 9 nitrogen and oxygen atoms in total. The van der Waals surface area contributed by atoms with Crippen LogP contribution in [0.3, 0.4) is 0 Å². The van der Waals surface area contributed by atoms with Crippen molar-refractivity contribution in [1.82, 2.24) is 19.4 Å². The number of pyridine rings is 1. The lowest BCUT2D eigenvalue weighted by Crippen LogP contribution is -2.40. The first-order valence-electron chi connectivity index (χ1n) is 10.8. The smallest absolute Gasteiger partial charge is 0.248 e. The number of aryl methyl sites for hydroxylation is 1. The van der Waals surface area contributed by atoms with Gasteiger partial charge < -0.3 is 29.8 Å². The van der Waals surface area contributed by atoms with Crippen molar-refractivity contribution in [3.05, 3.63) is 29.4 Å². The fraction of sp³-hybridized carbons (Fsp3) is 0.409. The summed E-state index contributed by atoms with van der Waals surface area (Å²) in [5, 5.41) is 10.4. The maximum atomic E-state index is 11.7. The van der Waals surface area contributed by atoms with E-state index in [2.05, 4.69) is 9.55 Å². The molecule has 3 aromatic rings. The summed E-state index contributed by atoms with van der Waals surface area (Å²) in [6.07, 6.45) is 4.46. The summed E-state index contributed by atoms with van der Waals surface area (Å²) >= 11 is 7.97. The number of imidazole rings is 1. The molecule has 1 saturated heterocycles. The van der Waals surface area contributed by atoms with E-state index in [9.17, 15) is 4.79 Å². The van der Waals surface area contributed by atoms with E-state index >= 15 is 0 Å². The van der Waals surface area contributed by atoms with Gasteiger partial charge >= 0.3 is 0 Å². The summed E-state index contributed by atoms with van der Waals surface area (Å²) < 4.78 is 13.1. The number of benzene rings is 1. The molecule has 1 fully saturated rings. The highest BCUT2D eigenvalue weighted by Gasteiger charge is 2.24. The Bertz CT molecular complexity index is 1200. The summed E-state index contributed by atoms with van der Waals surface area (Å²) in [7, 11) is 0. The Kier molecular flexibility index (Phi) is 6.22. The number of nitrogen functional groups attached to an aromatic ring is 1. The zero-order valence-corrected chi connectivity index (χ0v) is 19.4. The summed E-state index contributed by atoms with van der Waals surface area (Å²) in [6, 6.07) is 5.55. The summed E-state index contributed by atoms with van der Waals surface area (Å²) in [4.78, 5) is 23.3. The van der Waals surface area contributed by atoms with Gasteiger partial charge in [0.1, 0.15) is 12.1 Å². The van der Waals surface area contributed by atoms with Crippen molar-refractivity contribution in [2.75, 3.05) is 32.2 Å². The second-order valence-electron chi connectivity index (χ2n) is 8.12. The Labute approximate surface area is 199 Å². The Morgan fingerprint density at radius 3 is 2.79 bits per heavy atom. The molecule has 2 aromatic heterocycles. The first-order valence-corrected chi connectivity index (χ1v) is 12.0. The molecule has 0 bridgehead atoms. The van der Waals surface area contributed by atoms with Crippen molar-refractivity contribution in [1.29, 1.82) is 0 Å². The maximum absolute atomic E-state index is 11.7. The highest BCUT2D eigenvalue weighted by Crippen LogP contribution is 2.43. The highest BCUT2D eigenvalue weighted by molar-refractivity contribution is 7.99. The van der Waals surface area contributed by atoms with Crippen LogP contribution in [0.5, 0.6) is 11.5 Å². The molecule has 4 heterocycles. The molecule has 0 radical (unpaired) electrons. The van der Waals surface area contributed by atoms with Crippen LogP contribution < -0.4 is 15.2 Å². The predicted molar refractivity (Wildman–Crippen MR) is 125 cm³/mol. The van der Waals surface area contributed by atoms with Crippen molar-refractivity contribution in [2.24, 2.45) is 5.92 Å². The monoisotopic (exact) mass is 489 g/mol. The van der Waals surface area contributed by atoms with E-state index in [0.717, 1.165) is 41.4 Å². The molecule has 5 rings (SSSR count). The lowest BCUT2D eigenvalue weighted by molar-refractivity contribution is -0.135. The van der Waals surface area contributed by atoms with E-state index in [4.69, 9.17) is 36.9 Å². The second-order valence-corrected chi connectivity index (χ2v) is 9.54. The van der Waals surface area contributed by atoms with E-state index < -0.39 is 6.61 Å². The molecular weight excluding hydrogens is 466 g/mol. The van der Waals surface area contributed by atoms with Crippen molar-refractivity contribution < 1.29 is 19.4 Å². The molecule has 0 saturated carbocycles. The zero-order chi connectivity index (χ0) is 22.9. The summed E-state index contributed by atoms with van der Waals surface area (Å²) in [5.74, 6) is 1.97. The molecule has 0 spiro atoms. The summed E-state index contributed by atoms with van der Waals surface area (Å²) in [5.41, 5.74) is 7.71. The van der Waals surface area contributed by atoms with Crippen LogP contribution in [-0.2, 0) is 11.3 Å². The molecule has 33 heavy (non-hydrogen) atoms. The van der Waals surface area contributed by atoms with Gasteiger partial charge in [0.2, 0.25) is 12.7 Å². The minimum absolute atomic E-state index is 0.184. The van der Waals surface area contributed by atoms with Gasteiger partial charge in [0.05, 0.1) is 10.5 Å². The Morgan fingerprint density at radius 1 is 1.27 bits per heavy atom. The van der Waals surface area contributed by atoms with Gasteiger partial charge in [-0.05, 0) is 49.1 Å². The third-order valence-corrected chi connectivity index (χ3v) is 7.63. The number of rotatable bonds is 6. The van der Waals surface area contributed by atoms with Crippen LogP contribution in [-0.4, -0.2) is 56.9 Å². The minimum atomic E-state index is -0.426. The number of nitrogens with zero attached hydrogens (tertiary/aromatic N) is 4. The van der Waals surface area contributed by atoms with Crippen LogP contribution in [0.4, 0.5) is 5.82 Å². The average Bonchev–Trinajstić information content (AvgIpc) is 3.42. The van der Waals surface area contributed by atoms with Crippen LogP contribution in [0.25, 0.3) is 11.0 Å². The lowest BCUT2D eigenvalue weighted by Gasteiger charge is -2.31. The maximum Gasteiger partial charge on any atom is 0.248 e. The standard InChI is InChI=1S/C22H24ClN5O4S/c23-14-9-16-17(32-12-31-16)10-18(14)33-22-26-20-15(1-5-25-21(20)24)28(22)8-4-13-2-6-27(7-3-13)19(30)11-29/h1,5,9-10,13,29H,2-4,6-8,11-12H2,(H2,24,25). The van der Waals surface area contributed by atoms with Crippen molar-refractivity contribution >= 4 is 46.1 Å². The first-order chi connectivity index (χ1) is 16.0. The van der Waals surface area contributed by atoms with Gasteiger partial charge in [-0.3, -0.25) is 4.79 Å². The number of aliphatic hydroxyl groups is 1. The quantitative estimate of drug-likeness (QED) is 0.542.